The molecule has 250 valence electrons. The number of hydrogen-bond donors (Lipinski definition) is 4. The van der Waals surface area contributed by atoms with Crippen LogP contribution in [0.5, 0.6) is 0 Å². The molecule has 0 aromatic carbocycles. The zero-order chi connectivity index (χ0) is 33.6. The van der Waals surface area contributed by atoms with Crippen LogP contribution in [0.2, 0.25) is 0 Å². The minimum atomic E-state index is -2.00. The molecule has 17 nitrogen and oxygen atoms in total. The highest BCUT2D eigenvalue weighted by atomic mass is 19.1. The number of nitrogens with zero attached hydrogens (tertiary/aromatic N) is 3. The monoisotopic (exact) mass is 641 g/mol. The lowest BCUT2D eigenvalue weighted by Crippen LogP contribution is -2.49. The number of nitrogens with two attached hydrogens (primary N) is 3. The predicted octanol–water partition coefficient (Wildman–Crippen LogP) is -0.386. The molecule has 45 heavy (non-hydrogen) atoms. The van der Waals surface area contributed by atoms with Gasteiger partial charge in [-0.1, -0.05) is 27.7 Å². The fourth-order valence-corrected chi connectivity index (χ4v) is 4.26. The molecule has 1 fully saturated rings. The number of esters is 4. The Kier molecular flexibility index (Phi) is 11.9. The molecule has 0 saturated carbocycles. The number of fused-ring (bicyclic) bond motifs is 1. The Hall–Kier alpha value is -4.16. The number of nitrogen functional groups attached to an aromatic ring is 1. The van der Waals surface area contributed by atoms with Crippen LogP contribution in [0.3, 0.4) is 0 Å². The summed E-state index contributed by atoms with van der Waals surface area (Å²) in [6.45, 7) is 7.41. The number of aromatic nitrogens is 4. The molecule has 0 bridgehead atoms. The molecule has 0 amide bonds. The molecule has 1 aliphatic rings. The second kappa shape index (κ2) is 15.2. The summed E-state index contributed by atoms with van der Waals surface area (Å²) in [5, 5.41) is 0. The van der Waals surface area contributed by atoms with Crippen LogP contribution in [0.4, 0.5) is 10.3 Å². The van der Waals surface area contributed by atoms with Crippen LogP contribution in [0.15, 0.2) is 11.1 Å². The molecule has 0 aliphatic carbocycles. The van der Waals surface area contributed by atoms with Crippen molar-refractivity contribution in [2.45, 2.75) is 90.3 Å². The zero-order valence-corrected chi connectivity index (χ0v) is 25.6. The van der Waals surface area contributed by atoms with E-state index < -0.39 is 91.2 Å². The van der Waals surface area contributed by atoms with Gasteiger partial charge in [0.1, 0.15) is 37.2 Å². The fourth-order valence-electron chi connectivity index (χ4n) is 4.26. The van der Waals surface area contributed by atoms with Gasteiger partial charge in [0.2, 0.25) is 12.1 Å². The summed E-state index contributed by atoms with van der Waals surface area (Å²) in [5.74, 6) is -5.14. The first-order valence-electron chi connectivity index (χ1n) is 14.4. The van der Waals surface area contributed by atoms with Crippen molar-refractivity contribution in [1.29, 1.82) is 0 Å². The summed E-state index contributed by atoms with van der Waals surface area (Å²) in [4.78, 5) is 73.8. The molecule has 7 atom stereocenters. The Balaban J connectivity index is 1.82. The largest absolute Gasteiger partial charge is 0.466 e. The lowest BCUT2D eigenvalue weighted by atomic mass is 10.0. The molecule has 3 rings (SSSR count). The first kappa shape index (κ1) is 35.3. The van der Waals surface area contributed by atoms with Crippen LogP contribution in [0, 0.1) is 11.8 Å². The molecular formula is C27H40FN7O10. The van der Waals surface area contributed by atoms with Crippen molar-refractivity contribution in [2.75, 3.05) is 18.9 Å². The van der Waals surface area contributed by atoms with E-state index in [1.54, 1.807) is 34.6 Å². The highest BCUT2D eigenvalue weighted by Gasteiger charge is 2.43. The Morgan fingerprint density at radius 1 is 1.07 bits per heavy atom. The second-order valence-corrected chi connectivity index (χ2v) is 11.2. The first-order valence-corrected chi connectivity index (χ1v) is 14.4. The number of aromatic amines is 1. The van der Waals surface area contributed by atoms with Crippen molar-refractivity contribution < 1.29 is 47.3 Å². The number of carbonyl (C=O) groups is 4. The van der Waals surface area contributed by atoms with Gasteiger partial charge in [0, 0.05) is 6.42 Å². The molecule has 1 aliphatic heterocycles. The average Bonchev–Trinajstić information content (AvgIpc) is 3.56. The van der Waals surface area contributed by atoms with Gasteiger partial charge in [-0.3, -0.25) is 28.7 Å². The van der Waals surface area contributed by atoms with Crippen molar-refractivity contribution in [3.8, 4) is 0 Å². The predicted molar refractivity (Wildman–Crippen MR) is 154 cm³/mol. The Morgan fingerprint density at radius 3 is 2.29 bits per heavy atom. The van der Waals surface area contributed by atoms with Crippen molar-refractivity contribution in [2.24, 2.45) is 23.3 Å². The third-order valence-corrected chi connectivity index (χ3v) is 7.05. The van der Waals surface area contributed by atoms with Crippen molar-refractivity contribution in [1.82, 2.24) is 19.5 Å². The SMILES string of the molecule is CCOC(=O)CC(OC(=O)[C@@H](N)C(C)C)C(OC(=O)[C@@H](N)C(C)C)C(=O)OC[C@H]1O[C@@H](n2cnc3c(=O)[nH]c(N)nc32)C[C@@H]1F. The molecule has 3 heterocycles. The van der Waals surface area contributed by atoms with Gasteiger partial charge in [0.15, 0.2) is 17.3 Å². The van der Waals surface area contributed by atoms with E-state index in [1.165, 1.54) is 10.9 Å². The quantitative estimate of drug-likeness (QED) is 0.151. The van der Waals surface area contributed by atoms with E-state index >= 15 is 4.39 Å². The highest BCUT2D eigenvalue weighted by molar-refractivity contribution is 5.84. The maximum atomic E-state index is 15.1. The normalized spacial score (nSPS) is 20.9. The topological polar surface area (TPSA) is 256 Å². The van der Waals surface area contributed by atoms with Crippen molar-refractivity contribution in [3.05, 3.63) is 16.7 Å². The van der Waals surface area contributed by atoms with Crippen LogP contribution in [0.1, 0.15) is 53.7 Å². The number of rotatable bonds is 14. The lowest BCUT2D eigenvalue weighted by molar-refractivity contribution is -0.188. The zero-order valence-electron chi connectivity index (χ0n) is 25.6. The number of anilines is 1. The smallest absolute Gasteiger partial charge is 0.351 e. The van der Waals surface area contributed by atoms with Gasteiger partial charge >= 0.3 is 23.9 Å². The third kappa shape index (κ3) is 8.73. The number of ether oxygens (including phenoxy) is 5. The van der Waals surface area contributed by atoms with Crippen molar-refractivity contribution >= 4 is 41.0 Å². The average molecular weight is 642 g/mol. The minimum absolute atomic E-state index is 0.0289. The Bertz CT molecular complexity index is 1430. The standard InChI is InChI=1S/C27H40FN7O10/c1-6-41-17(36)8-14(44-24(38)18(29)11(2)3)21(45-25(39)19(30)12(4)5)26(40)42-9-15-13(28)7-16(43-15)35-10-32-20-22(35)33-27(31)34-23(20)37/h10-16,18-19,21H,6-9,29-30H2,1-5H3,(H3,31,33,34,37)/t13-,14?,15+,16+,18-,19-,21?/m0/s1. The van der Waals surface area contributed by atoms with Gasteiger partial charge in [-0.25, -0.2) is 14.2 Å². The number of H-pyrrole nitrogens is 1. The van der Waals surface area contributed by atoms with Gasteiger partial charge < -0.3 is 40.9 Å². The summed E-state index contributed by atoms with van der Waals surface area (Å²) >= 11 is 0. The molecule has 2 unspecified atom stereocenters. The maximum Gasteiger partial charge on any atom is 0.351 e. The molecular weight excluding hydrogens is 601 g/mol. The second-order valence-electron chi connectivity index (χ2n) is 11.2. The number of imidazole rings is 1. The summed E-state index contributed by atoms with van der Waals surface area (Å²) in [6.07, 6.45) is -7.37. The van der Waals surface area contributed by atoms with E-state index in [9.17, 15) is 24.0 Å². The van der Waals surface area contributed by atoms with E-state index in [0.717, 1.165) is 0 Å². The lowest BCUT2D eigenvalue weighted by Gasteiger charge is -2.28. The van der Waals surface area contributed by atoms with Gasteiger partial charge in [-0.05, 0) is 18.8 Å². The molecule has 1 saturated heterocycles. The molecule has 18 heteroatoms. The van der Waals surface area contributed by atoms with Gasteiger partial charge in [-0.15, -0.1) is 0 Å². The van der Waals surface area contributed by atoms with E-state index in [2.05, 4.69) is 15.0 Å². The number of nitrogens with one attached hydrogen (secondary N) is 1. The molecule has 0 radical (unpaired) electrons. The van der Waals surface area contributed by atoms with Gasteiger partial charge in [0.25, 0.3) is 5.56 Å². The van der Waals surface area contributed by atoms with Gasteiger partial charge in [0.05, 0.1) is 19.4 Å². The van der Waals surface area contributed by atoms with Crippen LogP contribution in [-0.4, -0.2) is 93.2 Å². The van der Waals surface area contributed by atoms with E-state index in [0.29, 0.717) is 0 Å². The van der Waals surface area contributed by atoms with Crippen LogP contribution in [0.25, 0.3) is 11.2 Å². The molecule has 7 N–H and O–H groups in total. The Morgan fingerprint density at radius 2 is 1.69 bits per heavy atom. The van der Waals surface area contributed by atoms with Crippen LogP contribution in [-0.2, 0) is 42.9 Å². The van der Waals surface area contributed by atoms with E-state index in [-0.39, 0.29) is 36.1 Å². The molecule has 0 spiro atoms. The fraction of sp³-hybridized carbons (Fsp3) is 0.667. The Labute approximate surface area is 257 Å². The van der Waals surface area contributed by atoms with E-state index in [1.807, 2.05) is 0 Å². The number of alkyl halides is 1. The van der Waals surface area contributed by atoms with Gasteiger partial charge in [-0.2, -0.15) is 4.98 Å². The summed E-state index contributed by atoms with van der Waals surface area (Å²) < 4.78 is 43.1. The molecule has 2 aromatic heterocycles. The van der Waals surface area contributed by atoms with Crippen molar-refractivity contribution in [3.63, 3.8) is 0 Å². The summed E-state index contributed by atoms with van der Waals surface area (Å²) in [5.41, 5.74) is 16.8. The third-order valence-electron chi connectivity index (χ3n) is 7.05. The molecule has 2 aromatic rings. The van der Waals surface area contributed by atoms with E-state index in [4.69, 9.17) is 40.9 Å². The number of carbonyl (C=O) groups excluding carboxylic acids is 4. The summed E-state index contributed by atoms with van der Waals surface area (Å²) in [6, 6.07) is -2.33. The van der Waals surface area contributed by atoms with Crippen LogP contribution < -0.4 is 22.8 Å². The first-order chi connectivity index (χ1) is 21.1. The number of halogens is 1. The number of hydrogen-bond acceptors (Lipinski definition) is 15. The summed E-state index contributed by atoms with van der Waals surface area (Å²) in [7, 11) is 0. The van der Waals surface area contributed by atoms with Crippen LogP contribution >= 0.6 is 0 Å². The maximum absolute atomic E-state index is 15.1. The highest BCUT2D eigenvalue weighted by Crippen LogP contribution is 2.32. The minimum Gasteiger partial charge on any atom is -0.466 e.